The largest absolute Gasteiger partial charge is 0.480 e. The van der Waals surface area contributed by atoms with Crippen LogP contribution in [0.3, 0.4) is 0 Å². The second-order valence-corrected chi connectivity index (χ2v) is 4.23. The van der Waals surface area contributed by atoms with Crippen molar-refractivity contribution >= 4 is 11.9 Å². The van der Waals surface area contributed by atoms with Gasteiger partial charge < -0.3 is 9.84 Å². The first-order valence-corrected chi connectivity index (χ1v) is 6.12. The number of esters is 1. The summed E-state index contributed by atoms with van der Waals surface area (Å²) in [5.74, 6) is -2.64. The molecular formula is C14H17FO4. The Morgan fingerprint density at radius 2 is 1.95 bits per heavy atom. The van der Waals surface area contributed by atoms with Crippen LogP contribution in [-0.4, -0.2) is 23.7 Å². The Hall–Kier alpha value is -1.91. The number of carboxylic acids is 1. The molecule has 1 rings (SSSR count). The van der Waals surface area contributed by atoms with Crippen LogP contribution < -0.4 is 0 Å². The number of ether oxygens (including phenoxy) is 1. The molecule has 0 bridgehead atoms. The highest BCUT2D eigenvalue weighted by atomic mass is 19.1. The lowest BCUT2D eigenvalue weighted by Crippen LogP contribution is -2.42. The van der Waals surface area contributed by atoms with Gasteiger partial charge in [-0.25, -0.2) is 4.39 Å². The van der Waals surface area contributed by atoms with Crippen molar-refractivity contribution < 1.29 is 23.8 Å². The van der Waals surface area contributed by atoms with Gasteiger partial charge in [-0.05, 0) is 25.0 Å². The summed E-state index contributed by atoms with van der Waals surface area (Å²) in [5.41, 5.74) is -1.54. The molecule has 0 radical (unpaired) electrons. The van der Waals surface area contributed by atoms with E-state index < -0.39 is 23.2 Å². The minimum absolute atomic E-state index is 0.0372. The summed E-state index contributed by atoms with van der Waals surface area (Å²) >= 11 is 0. The number of halogens is 1. The van der Waals surface area contributed by atoms with Gasteiger partial charge in [0.15, 0.2) is 5.41 Å². The lowest BCUT2D eigenvalue weighted by Gasteiger charge is -2.25. The van der Waals surface area contributed by atoms with E-state index in [1.165, 1.54) is 18.2 Å². The van der Waals surface area contributed by atoms with Gasteiger partial charge in [0, 0.05) is 6.42 Å². The molecule has 1 unspecified atom stereocenters. The van der Waals surface area contributed by atoms with Crippen LogP contribution in [0.5, 0.6) is 0 Å². The zero-order valence-electron chi connectivity index (χ0n) is 11.0. The molecule has 0 aliphatic carbocycles. The van der Waals surface area contributed by atoms with E-state index in [1.54, 1.807) is 19.9 Å². The number of rotatable bonds is 6. The first-order valence-electron chi connectivity index (χ1n) is 6.12. The first kappa shape index (κ1) is 15.1. The number of hydrogen-bond acceptors (Lipinski definition) is 3. The molecule has 0 aliphatic rings. The fraction of sp³-hybridized carbons (Fsp3) is 0.429. The third-order valence-electron chi connectivity index (χ3n) is 3.13. The predicted molar refractivity (Wildman–Crippen MR) is 67.1 cm³/mol. The monoisotopic (exact) mass is 268 g/mol. The van der Waals surface area contributed by atoms with E-state index in [4.69, 9.17) is 4.74 Å². The molecule has 1 aromatic carbocycles. The first-order chi connectivity index (χ1) is 8.97. The Kier molecular flexibility index (Phi) is 5.03. The molecule has 0 spiro atoms. The Labute approximate surface area is 111 Å². The minimum atomic E-state index is -1.74. The molecule has 1 aromatic rings. The SMILES string of the molecule is CCOC(=O)C(CC)(Cc1ccccc1F)C(=O)O. The molecule has 0 heterocycles. The van der Waals surface area contributed by atoms with Crippen LogP contribution in [0.2, 0.25) is 0 Å². The molecule has 0 fully saturated rings. The van der Waals surface area contributed by atoms with E-state index in [0.29, 0.717) is 0 Å². The molecule has 0 saturated carbocycles. The fourth-order valence-electron chi connectivity index (χ4n) is 1.89. The van der Waals surface area contributed by atoms with Crippen molar-refractivity contribution in [3.8, 4) is 0 Å². The van der Waals surface area contributed by atoms with Crippen molar-refractivity contribution in [3.63, 3.8) is 0 Å². The summed E-state index contributed by atoms with van der Waals surface area (Å²) in [6.07, 6.45) is -0.181. The highest BCUT2D eigenvalue weighted by Crippen LogP contribution is 2.30. The van der Waals surface area contributed by atoms with E-state index in [0.717, 1.165) is 0 Å². The fourth-order valence-corrected chi connectivity index (χ4v) is 1.89. The van der Waals surface area contributed by atoms with Crippen LogP contribution in [0.15, 0.2) is 24.3 Å². The Morgan fingerprint density at radius 1 is 1.32 bits per heavy atom. The molecule has 104 valence electrons. The van der Waals surface area contributed by atoms with Crippen LogP contribution in [0.1, 0.15) is 25.8 Å². The van der Waals surface area contributed by atoms with Gasteiger partial charge in [-0.2, -0.15) is 0 Å². The van der Waals surface area contributed by atoms with E-state index in [2.05, 4.69) is 0 Å². The highest BCUT2D eigenvalue weighted by Gasteiger charge is 2.46. The zero-order valence-corrected chi connectivity index (χ0v) is 11.0. The summed E-state index contributed by atoms with van der Waals surface area (Å²) < 4.78 is 18.5. The molecule has 4 nitrogen and oxygen atoms in total. The standard InChI is InChI=1S/C14H17FO4/c1-3-14(12(16)17,13(18)19-4-2)9-10-7-5-6-8-11(10)15/h5-8H,3-4,9H2,1-2H3,(H,16,17). The van der Waals surface area contributed by atoms with Crippen LogP contribution in [0.25, 0.3) is 0 Å². The lowest BCUT2D eigenvalue weighted by molar-refractivity contribution is -0.168. The average molecular weight is 268 g/mol. The van der Waals surface area contributed by atoms with Crippen molar-refractivity contribution in [1.29, 1.82) is 0 Å². The molecule has 1 N–H and O–H groups in total. The normalized spacial score (nSPS) is 13.6. The molecule has 5 heteroatoms. The summed E-state index contributed by atoms with van der Waals surface area (Å²) in [5, 5.41) is 9.35. The number of benzene rings is 1. The Morgan fingerprint density at radius 3 is 2.42 bits per heavy atom. The smallest absolute Gasteiger partial charge is 0.323 e. The molecule has 0 aliphatic heterocycles. The molecule has 0 amide bonds. The zero-order chi connectivity index (χ0) is 14.5. The van der Waals surface area contributed by atoms with Crippen LogP contribution in [0, 0.1) is 11.2 Å². The van der Waals surface area contributed by atoms with Crippen molar-refractivity contribution in [3.05, 3.63) is 35.6 Å². The summed E-state index contributed by atoms with van der Waals surface area (Å²) in [7, 11) is 0. The number of carbonyl (C=O) groups is 2. The number of carbonyl (C=O) groups excluding carboxylic acids is 1. The van der Waals surface area contributed by atoms with Crippen molar-refractivity contribution in [2.24, 2.45) is 5.41 Å². The minimum Gasteiger partial charge on any atom is -0.480 e. The van der Waals surface area contributed by atoms with Gasteiger partial charge in [0.25, 0.3) is 0 Å². The number of carboxylic acid groups (broad SMARTS) is 1. The number of hydrogen-bond donors (Lipinski definition) is 1. The maximum atomic E-state index is 13.6. The van der Waals surface area contributed by atoms with Crippen molar-refractivity contribution in [2.75, 3.05) is 6.61 Å². The maximum absolute atomic E-state index is 13.6. The molecular weight excluding hydrogens is 251 g/mol. The molecule has 0 saturated heterocycles. The molecule has 1 atom stereocenters. The molecule has 0 aromatic heterocycles. The quantitative estimate of drug-likeness (QED) is 0.635. The predicted octanol–water partition coefficient (Wildman–Crippen LogP) is 2.41. The van der Waals surface area contributed by atoms with Gasteiger partial charge in [0.05, 0.1) is 6.61 Å². The van der Waals surface area contributed by atoms with Crippen LogP contribution in [0.4, 0.5) is 4.39 Å². The number of aliphatic carboxylic acids is 1. The lowest BCUT2D eigenvalue weighted by atomic mass is 9.79. The van der Waals surface area contributed by atoms with Gasteiger partial charge in [0.1, 0.15) is 5.82 Å². The topological polar surface area (TPSA) is 63.6 Å². The van der Waals surface area contributed by atoms with Gasteiger partial charge in [-0.15, -0.1) is 0 Å². The summed E-state index contributed by atoms with van der Waals surface area (Å²) in [6.45, 7) is 3.26. The van der Waals surface area contributed by atoms with Gasteiger partial charge in [-0.1, -0.05) is 25.1 Å². The van der Waals surface area contributed by atoms with Crippen LogP contribution >= 0.6 is 0 Å². The van der Waals surface area contributed by atoms with Gasteiger partial charge >= 0.3 is 11.9 Å². The third-order valence-corrected chi connectivity index (χ3v) is 3.13. The highest BCUT2D eigenvalue weighted by molar-refractivity contribution is 5.99. The maximum Gasteiger partial charge on any atom is 0.323 e. The van der Waals surface area contributed by atoms with Crippen molar-refractivity contribution in [1.82, 2.24) is 0 Å². The second-order valence-electron chi connectivity index (χ2n) is 4.23. The van der Waals surface area contributed by atoms with E-state index in [-0.39, 0.29) is 25.0 Å². The van der Waals surface area contributed by atoms with Crippen molar-refractivity contribution in [2.45, 2.75) is 26.7 Å². The van der Waals surface area contributed by atoms with E-state index in [1.807, 2.05) is 0 Å². The van der Waals surface area contributed by atoms with E-state index >= 15 is 0 Å². The van der Waals surface area contributed by atoms with Gasteiger partial charge in [0.2, 0.25) is 0 Å². The second kappa shape index (κ2) is 6.31. The Balaban J connectivity index is 3.15. The van der Waals surface area contributed by atoms with Gasteiger partial charge in [-0.3, -0.25) is 9.59 Å². The van der Waals surface area contributed by atoms with Crippen LogP contribution in [-0.2, 0) is 20.7 Å². The van der Waals surface area contributed by atoms with E-state index in [9.17, 15) is 19.1 Å². The average Bonchev–Trinajstić information content (AvgIpc) is 2.38. The Bertz CT molecular complexity index is 472. The summed E-state index contributed by atoms with van der Waals surface area (Å²) in [4.78, 5) is 23.4. The molecule has 19 heavy (non-hydrogen) atoms. The third kappa shape index (κ3) is 3.10. The summed E-state index contributed by atoms with van der Waals surface area (Å²) in [6, 6.07) is 5.83.